The van der Waals surface area contributed by atoms with E-state index in [1.807, 2.05) is 0 Å². The third-order valence-corrected chi connectivity index (χ3v) is 9.04. The van der Waals surface area contributed by atoms with Crippen molar-refractivity contribution in [2.75, 3.05) is 0 Å². The van der Waals surface area contributed by atoms with Crippen LogP contribution in [0, 0.1) is 34.5 Å². The van der Waals surface area contributed by atoms with Crippen LogP contribution < -0.4 is 0 Å². The molecule has 4 saturated carbocycles. The molecule has 0 bridgehead atoms. The lowest BCUT2D eigenvalue weighted by molar-refractivity contribution is -0.152. The number of Topliss-reactive ketones (excluding diaryl/α,β-unsaturated/α-hetero) is 1. The number of rotatable bonds is 0. The average Bonchev–Trinajstić information content (AvgIpc) is 2.70. The van der Waals surface area contributed by atoms with E-state index in [1.54, 1.807) is 0 Å². The highest BCUT2D eigenvalue weighted by Gasteiger charge is 2.63. The van der Waals surface area contributed by atoms with Crippen LogP contribution in [0.3, 0.4) is 0 Å². The monoisotopic (exact) mass is 304 g/mol. The van der Waals surface area contributed by atoms with Crippen LogP contribution in [-0.2, 0) is 4.79 Å². The van der Waals surface area contributed by atoms with Gasteiger partial charge in [0.05, 0.1) is 5.60 Å². The van der Waals surface area contributed by atoms with Crippen LogP contribution in [0.4, 0.5) is 0 Å². The number of fused-ring (bicyclic) bond motifs is 5. The molecule has 3 unspecified atom stereocenters. The minimum absolute atomic E-state index is 0.127. The predicted octanol–water partition coefficient (Wildman–Crippen LogP) is 4.35. The zero-order valence-corrected chi connectivity index (χ0v) is 14.5. The van der Waals surface area contributed by atoms with E-state index in [9.17, 15) is 9.90 Å². The summed E-state index contributed by atoms with van der Waals surface area (Å²) in [7, 11) is 0. The van der Waals surface area contributed by atoms with E-state index in [-0.39, 0.29) is 5.41 Å². The highest BCUT2D eigenvalue weighted by atomic mass is 16.3. The number of ketones is 1. The average molecular weight is 304 g/mol. The first kappa shape index (κ1) is 15.2. The van der Waals surface area contributed by atoms with Gasteiger partial charge in [0.15, 0.2) is 0 Å². The fraction of sp³-hybridized carbons (Fsp3) is 0.950. The maximum atomic E-state index is 11.9. The van der Waals surface area contributed by atoms with Gasteiger partial charge < -0.3 is 5.11 Å². The smallest absolute Gasteiger partial charge is 0.133 e. The molecule has 4 aliphatic rings. The summed E-state index contributed by atoms with van der Waals surface area (Å²) in [6.07, 6.45) is 9.98. The predicted molar refractivity (Wildman–Crippen MR) is 87.4 cm³/mol. The molecule has 0 aromatic heterocycles. The van der Waals surface area contributed by atoms with Gasteiger partial charge in [0, 0.05) is 12.8 Å². The van der Waals surface area contributed by atoms with Crippen molar-refractivity contribution in [2.45, 2.75) is 84.2 Å². The van der Waals surface area contributed by atoms with Gasteiger partial charge in [-0.25, -0.2) is 0 Å². The normalized spacial score (nSPS) is 57.9. The Morgan fingerprint density at radius 1 is 0.955 bits per heavy atom. The molecule has 0 heterocycles. The fourth-order valence-electron chi connectivity index (χ4n) is 7.29. The van der Waals surface area contributed by atoms with Gasteiger partial charge in [-0.2, -0.15) is 0 Å². The molecule has 7 atom stereocenters. The Bertz CT molecular complexity index is 496. The number of aliphatic hydroxyl groups is 1. The van der Waals surface area contributed by atoms with Crippen molar-refractivity contribution >= 4 is 5.78 Å². The summed E-state index contributed by atoms with van der Waals surface area (Å²) in [5.74, 6) is 3.44. The first-order valence-corrected chi connectivity index (χ1v) is 9.52. The SMILES string of the molecule is CC1(O)CC[C@H]2C3CCC4CC(=O)CC[C@]4(C)[C@H]3CC[C@@]21C. The lowest BCUT2D eigenvalue weighted by Gasteiger charge is -2.60. The Balaban J connectivity index is 1.65. The van der Waals surface area contributed by atoms with Crippen molar-refractivity contribution in [1.29, 1.82) is 0 Å². The van der Waals surface area contributed by atoms with Gasteiger partial charge in [-0.3, -0.25) is 4.79 Å². The molecule has 4 fully saturated rings. The largest absolute Gasteiger partial charge is 0.390 e. The molecule has 0 aromatic rings. The zero-order valence-electron chi connectivity index (χ0n) is 14.5. The van der Waals surface area contributed by atoms with Gasteiger partial charge in [-0.15, -0.1) is 0 Å². The van der Waals surface area contributed by atoms with Gasteiger partial charge in [0.1, 0.15) is 5.78 Å². The number of hydrogen-bond acceptors (Lipinski definition) is 2. The van der Waals surface area contributed by atoms with E-state index >= 15 is 0 Å². The van der Waals surface area contributed by atoms with E-state index in [1.165, 1.54) is 32.1 Å². The highest BCUT2D eigenvalue weighted by molar-refractivity contribution is 5.79. The van der Waals surface area contributed by atoms with Crippen LogP contribution in [0.25, 0.3) is 0 Å². The van der Waals surface area contributed by atoms with E-state index in [4.69, 9.17) is 0 Å². The lowest BCUT2D eigenvalue weighted by Crippen LogP contribution is -2.55. The summed E-state index contributed by atoms with van der Waals surface area (Å²) in [5.41, 5.74) is 0.0530. The minimum Gasteiger partial charge on any atom is -0.390 e. The summed E-state index contributed by atoms with van der Waals surface area (Å²) in [5, 5.41) is 10.9. The minimum atomic E-state index is -0.469. The van der Waals surface area contributed by atoms with Crippen molar-refractivity contribution < 1.29 is 9.90 Å². The first-order chi connectivity index (χ1) is 10.3. The maximum Gasteiger partial charge on any atom is 0.133 e. The molecule has 0 amide bonds. The quantitative estimate of drug-likeness (QED) is 0.722. The molecular formula is C20H32O2. The Kier molecular flexibility index (Phi) is 3.16. The Hall–Kier alpha value is -0.370. The second-order valence-electron chi connectivity index (χ2n) is 9.67. The van der Waals surface area contributed by atoms with Crippen molar-refractivity contribution in [3.05, 3.63) is 0 Å². The van der Waals surface area contributed by atoms with Crippen molar-refractivity contribution in [3.8, 4) is 0 Å². The van der Waals surface area contributed by atoms with Gasteiger partial charge in [0.25, 0.3) is 0 Å². The molecule has 0 aliphatic heterocycles. The van der Waals surface area contributed by atoms with E-state index < -0.39 is 5.60 Å². The van der Waals surface area contributed by atoms with Crippen LogP contribution >= 0.6 is 0 Å². The highest BCUT2D eigenvalue weighted by Crippen LogP contribution is 2.67. The molecule has 124 valence electrons. The van der Waals surface area contributed by atoms with E-state index in [0.29, 0.717) is 23.0 Å². The molecule has 4 aliphatic carbocycles. The van der Waals surface area contributed by atoms with Crippen molar-refractivity contribution in [3.63, 3.8) is 0 Å². The van der Waals surface area contributed by atoms with E-state index in [0.717, 1.165) is 37.5 Å². The summed E-state index contributed by atoms with van der Waals surface area (Å²) >= 11 is 0. The van der Waals surface area contributed by atoms with Crippen LogP contribution in [-0.4, -0.2) is 16.5 Å². The molecule has 0 saturated heterocycles. The van der Waals surface area contributed by atoms with Crippen LogP contribution in [0.5, 0.6) is 0 Å². The number of hydrogen-bond donors (Lipinski definition) is 1. The third kappa shape index (κ3) is 1.79. The first-order valence-electron chi connectivity index (χ1n) is 9.52. The lowest BCUT2D eigenvalue weighted by atomic mass is 9.44. The van der Waals surface area contributed by atoms with Gasteiger partial charge >= 0.3 is 0 Å². The molecule has 2 heteroatoms. The molecule has 1 N–H and O–H groups in total. The third-order valence-electron chi connectivity index (χ3n) is 9.04. The molecule has 0 aromatic carbocycles. The summed E-state index contributed by atoms with van der Waals surface area (Å²) in [6, 6.07) is 0. The zero-order chi connectivity index (χ0) is 15.8. The van der Waals surface area contributed by atoms with Crippen molar-refractivity contribution in [2.24, 2.45) is 34.5 Å². The maximum absolute atomic E-state index is 11.9. The molecule has 0 radical (unpaired) electrons. The number of carbonyl (C=O) groups excluding carboxylic acids is 1. The Morgan fingerprint density at radius 2 is 1.68 bits per heavy atom. The number of carbonyl (C=O) groups is 1. The molecule has 0 spiro atoms. The standard InChI is InChI=1S/C20H32O2/c1-18-9-6-14(21)12-13(18)4-5-15-16(18)7-10-19(2)17(15)8-11-20(19,3)22/h13,15-17,22H,4-12H2,1-3H3/t13?,15?,16-,17-,18-,19-,20?/m0/s1. The Morgan fingerprint density at radius 3 is 2.45 bits per heavy atom. The van der Waals surface area contributed by atoms with Gasteiger partial charge in [-0.05, 0) is 86.4 Å². The fourth-order valence-corrected chi connectivity index (χ4v) is 7.29. The van der Waals surface area contributed by atoms with Crippen molar-refractivity contribution in [1.82, 2.24) is 0 Å². The topological polar surface area (TPSA) is 37.3 Å². The summed E-state index contributed by atoms with van der Waals surface area (Å²) in [4.78, 5) is 11.9. The Labute approximate surface area is 135 Å². The summed E-state index contributed by atoms with van der Waals surface area (Å²) < 4.78 is 0. The van der Waals surface area contributed by atoms with Gasteiger partial charge in [0.2, 0.25) is 0 Å². The van der Waals surface area contributed by atoms with Crippen LogP contribution in [0.2, 0.25) is 0 Å². The molecule has 4 rings (SSSR count). The second-order valence-corrected chi connectivity index (χ2v) is 9.67. The summed E-state index contributed by atoms with van der Waals surface area (Å²) in [6.45, 7) is 6.94. The molecule has 2 nitrogen and oxygen atoms in total. The van der Waals surface area contributed by atoms with E-state index in [2.05, 4.69) is 20.8 Å². The molecule has 22 heavy (non-hydrogen) atoms. The van der Waals surface area contributed by atoms with Crippen LogP contribution in [0.15, 0.2) is 0 Å². The molecular weight excluding hydrogens is 272 g/mol. The second kappa shape index (κ2) is 4.59. The van der Waals surface area contributed by atoms with Gasteiger partial charge in [-0.1, -0.05) is 13.8 Å². The van der Waals surface area contributed by atoms with Crippen LogP contribution in [0.1, 0.15) is 78.6 Å².